The van der Waals surface area contributed by atoms with Gasteiger partial charge < -0.3 is 10.2 Å². The normalized spacial score (nSPS) is 11.7. The molecule has 0 fully saturated rings. The van der Waals surface area contributed by atoms with Gasteiger partial charge in [0.2, 0.25) is 0 Å². The maximum atomic E-state index is 4.49. The zero-order valence-corrected chi connectivity index (χ0v) is 13.0. The van der Waals surface area contributed by atoms with Gasteiger partial charge in [-0.25, -0.2) is 4.98 Å². The summed E-state index contributed by atoms with van der Waals surface area (Å²) in [5.41, 5.74) is 1.21. The summed E-state index contributed by atoms with van der Waals surface area (Å²) in [7, 11) is 2.18. The van der Waals surface area contributed by atoms with E-state index in [0.717, 1.165) is 37.1 Å². The van der Waals surface area contributed by atoms with Crippen LogP contribution in [0.25, 0.3) is 0 Å². The average molecular weight is 269 g/mol. The van der Waals surface area contributed by atoms with E-state index in [0.29, 0.717) is 0 Å². The van der Waals surface area contributed by atoms with Crippen LogP contribution in [-0.2, 0) is 6.54 Å². The first kappa shape index (κ1) is 15.6. The Kier molecular flexibility index (Phi) is 7.47. The van der Waals surface area contributed by atoms with E-state index in [4.69, 9.17) is 0 Å². The summed E-state index contributed by atoms with van der Waals surface area (Å²) in [6, 6.07) is 0. The highest BCUT2D eigenvalue weighted by Crippen LogP contribution is 2.09. The van der Waals surface area contributed by atoms with Gasteiger partial charge in [0.05, 0.1) is 10.7 Å². The highest BCUT2D eigenvalue weighted by molar-refractivity contribution is 7.09. The lowest BCUT2D eigenvalue weighted by Gasteiger charge is -2.15. The first-order valence-corrected chi connectivity index (χ1v) is 7.76. The fourth-order valence-electron chi connectivity index (χ4n) is 1.86. The highest BCUT2D eigenvalue weighted by Gasteiger charge is 2.03. The summed E-state index contributed by atoms with van der Waals surface area (Å²) in [6.45, 7) is 11.0. The van der Waals surface area contributed by atoms with Crippen molar-refractivity contribution < 1.29 is 0 Å². The molecule has 1 rings (SSSR count). The summed E-state index contributed by atoms with van der Waals surface area (Å²) in [5.74, 6) is 0.751. The molecule has 1 heterocycles. The highest BCUT2D eigenvalue weighted by atomic mass is 32.1. The molecule has 0 atom stereocenters. The van der Waals surface area contributed by atoms with Gasteiger partial charge >= 0.3 is 0 Å². The molecule has 1 N–H and O–H groups in total. The van der Waals surface area contributed by atoms with Crippen LogP contribution in [0, 0.1) is 12.8 Å². The summed E-state index contributed by atoms with van der Waals surface area (Å²) in [4.78, 5) is 6.85. The molecule has 1 aromatic heterocycles. The lowest BCUT2D eigenvalue weighted by molar-refractivity contribution is 0.314. The Morgan fingerprint density at radius 3 is 2.78 bits per heavy atom. The Balaban J connectivity index is 2.01. The van der Waals surface area contributed by atoms with Crippen molar-refractivity contribution in [2.75, 3.05) is 26.7 Å². The van der Waals surface area contributed by atoms with Crippen LogP contribution in [0.3, 0.4) is 0 Å². The molecule has 18 heavy (non-hydrogen) atoms. The number of rotatable bonds is 9. The SMILES string of the molecule is Cc1nc(CN(C)CCCCNCC(C)C)cs1. The number of hydrogen-bond acceptors (Lipinski definition) is 4. The second-order valence-electron chi connectivity index (χ2n) is 5.40. The third kappa shape index (κ3) is 7.09. The molecule has 0 spiro atoms. The lowest BCUT2D eigenvalue weighted by Crippen LogP contribution is -2.23. The number of thiazole rings is 1. The van der Waals surface area contributed by atoms with Crippen molar-refractivity contribution in [2.24, 2.45) is 5.92 Å². The van der Waals surface area contributed by atoms with Crippen LogP contribution in [0.5, 0.6) is 0 Å². The maximum absolute atomic E-state index is 4.49. The summed E-state index contributed by atoms with van der Waals surface area (Å²) < 4.78 is 0. The summed E-state index contributed by atoms with van der Waals surface area (Å²) >= 11 is 1.74. The lowest BCUT2D eigenvalue weighted by atomic mass is 10.2. The largest absolute Gasteiger partial charge is 0.316 e. The molecule has 0 radical (unpaired) electrons. The first-order chi connectivity index (χ1) is 8.58. The Morgan fingerprint density at radius 2 is 2.17 bits per heavy atom. The van der Waals surface area contributed by atoms with Gasteiger partial charge in [-0.3, -0.25) is 0 Å². The molecule has 0 bridgehead atoms. The van der Waals surface area contributed by atoms with Crippen molar-refractivity contribution in [2.45, 2.75) is 40.2 Å². The molecule has 1 aromatic rings. The van der Waals surface area contributed by atoms with Gasteiger partial charge in [-0.05, 0) is 52.4 Å². The molecule has 0 saturated carbocycles. The van der Waals surface area contributed by atoms with Crippen LogP contribution in [0.4, 0.5) is 0 Å². The van der Waals surface area contributed by atoms with Crippen LogP contribution in [0.15, 0.2) is 5.38 Å². The third-order valence-electron chi connectivity index (χ3n) is 2.79. The average Bonchev–Trinajstić information content (AvgIpc) is 2.68. The van der Waals surface area contributed by atoms with Gasteiger partial charge in [-0.2, -0.15) is 0 Å². The minimum atomic E-state index is 0.751. The Labute approximate surface area is 116 Å². The smallest absolute Gasteiger partial charge is 0.0897 e. The molecule has 0 aliphatic heterocycles. The number of unbranched alkanes of at least 4 members (excludes halogenated alkanes) is 1. The number of nitrogens with zero attached hydrogens (tertiary/aromatic N) is 2. The topological polar surface area (TPSA) is 28.2 Å². The van der Waals surface area contributed by atoms with E-state index >= 15 is 0 Å². The van der Waals surface area contributed by atoms with Crippen molar-refractivity contribution in [1.82, 2.24) is 15.2 Å². The van der Waals surface area contributed by atoms with Gasteiger partial charge in [0.15, 0.2) is 0 Å². The van der Waals surface area contributed by atoms with E-state index in [2.05, 4.69) is 48.4 Å². The zero-order valence-electron chi connectivity index (χ0n) is 12.2. The van der Waals surface area contributed by atoms with Gasteiger partial charge in [0.1, 0.15) is 0 Å². The Morgan fingerprint density at radius 1 is 1.39 bits per heavy atom. The predicted octanol–water partition coefficient (Wildman–Crippen LogP) is 2.91. The first-order valence-electron chi connectivity index (χ1n) is 6.88. The molecule has 0 aliphatic rings. The molecule has 0 unspecified atom stereocenters. The molecule has 104 valence electrons. The van der Waals surface area contributed by atoms with Gasteiger partial charge in [-0.1, -0.05) is 13.8 Å². The van der Waals surface area contributed by atoms with Crippen LogP contribution < -0.4 is 5.32 Å². The number of hydrogen-bond donors (Lipinski definition) is 1. The Bertz CT molecular complexity index is 323. The molecule has 3 nitrogen and oxygen atoms in total. The van der Waals surface area contributed by atoms with E-state index in [-0.39, 0.29) is 0 Å². The monoisotopic (exact) mass is 269 g/mol. The minimum Gasteiger partial charge on any atom is -0.316 e. The second-order valence-corrected chi connectivity index (χ2v) is 6.46. The van der Waals surface area contributed by atoms with E-state index < -0.39 is 0 Å². The minimum absolute atomic E-state index is 0.751. The zero-order chi connectivity index (χ0) is 13.4. The molecule has 0 aliphatic carbocycles. The van der Waals surface area contributed by atoms with Crippen molar-refractivity contribution in [3.8, 4) is 0 Å². The van der Waals surface area contributed by atoms with Crippen molar-refractivity contribution >= 4 is 11.3 Å². The van der Waals surface area contributed by atoms with E-state index in [1.54, 1.807) is 11.3 Å². The van der Waals surface area contributed by atoms with Crippen molar-refractivity contribution in [1.29, 1.82) is 0 Å². The predicted molar refractivity (Wildman–Crippen MR) is 80.1 cm³/mol. The molecular formula is C14H27N3S. The standard InChI is InChI=1S/C14H27N3S/c1-12(2)9-15-7-5-6-8-17(4)10-14-11-18-13(3)16-14/h11-12,15H,5-10H2,1-4H3. The van der Waals surface area contributed by atoms with E-state index in [9.17, 15) is 0 Å². The van der Waals surface area contributed by atoms with Crippen molar-refractivity contribution in [3.63, 3.8) is 0 Å². The molecule has 4 heteroatoms. The summed E-state index contributed by atoms with van der Waals surface area (Å²) in [5, 5.41) is 6.81. The number of aromatic nitrogens is 1. The quantitative estimate of drug-likeness (QED) is 0.699. The fraction of sp³-hybridized carbons (Fsp3) is 0.786. The van der Waals surface area contributed by atoms with Crippen LogP contribution in [0.1, 0.15) is 37.4 Å². The summed E-state index contributed by atoms with van der Waals surface area (Å²) in [6.07, 6.45) is 2.51. The second kappa shape index (κ2) is 8.62. The van der Waals surface area contributed by atoms with Crippen LogP contribution in [-0.4, -0.2) is 36.6 Å². The van der Waals surface area contributed by atoms with Crippen LogP contribution >= 0.6 is 11.3 Å². The number of aryl methyl sites for hydroxylation is 1. The third-order valence-corrected chi connectivity index (χ3v) is 3.62. The maximum Gasteiger partial charge on any atom is 0.0897 e. The van der Waals surface area contributed by atoms with Crippen LogP contribution in [0.2, 0.25) is 0 Å². The molecule has 0 amide bonds. The molecule has 0 aromatic carbocycles. The van der Waals surface area contributed by atoms with Crippen molar-refractivity contribution in [3.05, 3.63) is 16.1 Å². The Hall–Kier alpha value is -0.450. The molecule has 0 saturated heterocycles. The van der Waals surface area contributed by atoms with E-state index in [1.165, 1.54) is 18.5 Å². The van der Waals surface area contributed by atoms with Gasteiger partial charge in [0, 0.05) is 11.9 Å². The van der Waals surface area contributed by atoms with E-state index in [1.807, 2.05) is 0 Å². The van der Waals surface area contributed by atoms with Gasteiger partial charge in [0.25, 0.3) is 0 Å². The fourth-order valence-corrected chi connectivity index (χ4v) is 2.46. The number of nitrogens with one attached hydrogen (secondary N) is 1. The van der Waals surface area contributed by atoms with Gasteiger partial charge in [-0.15, -0.1) is 11.3 Å². The molecular weight excluding hydrogens is 242 g/mol.